The molecule has 1 saturated heterocycles. The van der Waals surface area contributed by atoms with E-state index in [4.69, 9.17) is 9.15 Å². The maximum absolute atomic E-state index is 12.6. The number of ether oxygens (including phenoxy) is 2. The summed E-state index contributed by atoms with van der Waals surface area (Å²) in [5, 5.41) is 0.719. The van der Waals surface area contributed by atoms with Crippen LogP contribution in [0.1, 0.15) is 30.0 Å². The minimum Gasteiger partial charge on any atom is -0.478 e. The fourth-order valence-electron chi connectivity index (χ4n) is 4.17. The van der Waals surface area contributed by atoms with E-state index in [0.717, 1.165) is 5.39 Å². The smallest absolute Gasteiger partial charge is 0.340 e. The van der Waals surface area contributed by atoms with Crippen molar-refractivity contribution < 1.29 is 27.1 Å². The Morgan fingerprint density at radius 3 is 2.76 bits per heavy atom. The number of methoxy groups -OCH3 is 1. The topological polar surface area (TPSA) is 103 Å². The predicted molar refractivity (Wildman–Crippen MR) is 106 cm³/mol. The van der Waals surface area contributed by atoms with Crippen LogP contribution in [0, 0.1) is 6.92 Å². The summed E-state index contributed by atoms with van der Waals surface area (Å²) in [6.07, 6.45) is 0.376. The van der Waals surface area contributed by atoms with Crippen molar-refractivity contribution in [3.63, 3.8) is 0 Å². The summed E-state index contributed by atoms with van der Waals surface area (Å²) in [6.45, 7) is 4.38. The lowest BCUT2D eigenvalue weighted by atomic mass is 9.96. The zero-order valence-electron chi connectivity index (χ0n) is 16.6. The summed E-state index contributed by atoms with van der Waals surface area (Å²) in [7, 11) is -1.80. The molecule has 0 radical (unpaired) electrons. The molecule has 4 rings (SSSR count). The molecule has 0 unspecified atom stereocenters. The van der Waals surface area contributed by atoms with E-state index in [9.17, 15) is 18.0 Å². The molecule has 1 aromatic carbocycles. The van der Waals surface area contributed by atoms with Gasteiger partial charge in [0.25, 0.3) is 0 Å². The zero-order chi connectivity index (χ0) is 21.0. The average molecular weight is 421 g/mol. The van der Waals surface area contributed by atoms with Gasteiger partial charge in [0.1, 0.15) is 18.1 Å². The molecule has 1 atom stereocenters. The molecule has 156 valence electrons. The minimum absolute atomic E-state index is 0.0791. The Morgan fingerprint density at radius 2 is 2.10 bits per heavy atom. The third-order valence-corrected chi connectivity index (χ3v) is 7.92. The van der Waals surface area contributed by atoms with Crippen molar-refractivity contribution >= 4 is 26.8 Å². The second kappa shape index (κ2) is 6.84. The second-order valence-corrected chi connectivity index (χ2v) is 10.2. The number of aryl methyl sites for hydroxylation is 1. The van der Waals surface area contributed by atoms with Gasteiger partial charge in [-0.15, -0.1) is 0 Å². The lowest BCUT2D eigenvalue weighted by Gasteiger charge is -2.40. The Balaban J connectivity index is 1.77. The van der Waals surface area contributed by atoms with E-state index in [1.165, 1.54) is 7.11 Å². The molecular formula is C20H23NO7S. The van der Waals surface area contributed by atoms with Crippen LogP contribution in [0.5, 0.6) is 5.75 Å². The molecule has 3 heterocycles. The third kappa shape index (κ3) is 3.42. The monoisotopic (exact) mass is 421 g/mol. The molecule has 9 heteroatoms. The molecule has 0 bridgehead atoms. The highest BCUT2D eigenvalue weighted by Gasteiger charge is 2.44. The Labute approximate surface area is 168 Å². The Kier molecular flexibility index (Phi) is 4.70. The molecule has 2 aliphatic heterocycles. The molecule has 2 aliphatic rings. The Hall–Kier alpha value is -2.39. The van der Waals surface area contributed by atoms with Crippen LogP contribution in [0.3, 0.4) is 0 Å². The van der Waals surface area contributed by atoms with Crippen molar-refractivity contribution in [3.8, 4) is 5.75 Å². The first-order valence-electron chi connectivity index (χ1n) is 9.37. The molecule has 0 aliphatic carbocycles. The Bertz CT molecular complexity index is 1170. The van der Waals surface area contributed by atoms with Gasteiger partial charge in [-0.25, -0.2) is 13.2 Å². The number of hydrogen-bond donors (Lipinski definition) is 0. The van der Waals surface area contributed by atoms with Crippen molar-refractivity contribution in [2.75, 3.05) is 25.3 Å². The fraction of sp³-hybridized carbons (Fsp3) is 0.500. The Morgan fingerprint density at radius 1 is 1.34 bits per heavy atom. The van der Waals surface area contributed by atoms with Gasteiger partial charge in [0.2, 0.25) is 0 Å². The van der Waals surface area contributed by atoms with Crippen molar-refractivity contribution in [1.82, 2.24) is 4.90 Å². The van der Waals surface area contributed by atoms with Crippen LogP contribution in [0.15, 0.2) is 21.3 Å². The maximum Gasteiger partial charge on any atom is 0.340 e. The van der Waals surface area contributed by atoms with Gasteiger partial charge in [0.05, 0.1) is 36.2 Å². The molecule has 29 heavy (non-hydrogen) atoms. The van der Waals surface area contributed by atoms with Gasteiger partial charge in [-0.2, -0.15) is 0 Å². The number of esters is 1. The molecule has 1 aromatic heterocycles. The van der Waals surface area contributed by atoms with Crippen molar-refractivity contribution in [1.29, 1.82) is 0 Å². The first-order valence-corrected chi connectivity index (χ1v) is 11.2. The number of fused-ring (bicyclic) bond motifs is 3. The van der Waals surface area contributed by atoms with Gasteiger partial charge in [-0.05, 0) is 38.0 Å². The van der Waals surface area contributed by atoms with E-state index in [2.05, 4.69) is 4.74 Å². The number of rotatable bonds is 3. The highest BCUT2D eigenvalue weighted by Crippen LogP contribution is 2.38. The van der Waals surface area contributed by atoms with Crippen LogP contribution in [0.25, 0.3) is 11.0 Å². The fourth-order valence-corrected chi connectivity index (χ4v) is 6.34. The third-order valence-electron chi connectivity index (χ3n) is 6.03. The van der Waals surface area contributed by atoms with Gasteiger partial charge in [0, 0.05) is 17.5 Å². The molecule has 0 N–H and O–H groups in total. The van der Waals surface area contributed by atoms with Crippen LogP contribution >= 0.6 is 0 Å². The zero-order valence-corrected chi connectivity index (χ0v) is 17.4. The van der Waals surface area contributed by atoms with Crippen LogP contribution < -0.4 is 10.4 Å². The minimum atomic E-state index is -3.07. The predicted octanol–water partition coefficient (Wildman–Crippen LogP) is 1.55. The molecular weight excluding hydrogens is 398 g/mol. The summed E-state index contributed by atoms with van der Waals surface area (Å²) in [4.78, 5) is 26.2. The SMILES string of the molecule is COC(=O)Cc1c(C)c2ccc3c(c2oc1=O)CN([C@]1(C)CCS(=O)(=O)C1)CO3. The van der Waals surface area contributed by atoms with Gasteiger partial charge in [-0.1, -0.05) is 0 Å². The summed E-state index contributed by atoms with van der Waals surface area (Å²) in [5.74, 6) is 0.340. The van der Waals surface area contributed by atoms with E-state index in [0.29, 0.717) is 35.4 Å². The number of benzene rings is 1. The van der Waals surface area contributed by atoms with E-state index in [1.54, 1.807) is 6.92 Å². The van der Waals surface area contributed by atoms with Crippen molar-refractivity contribution in [3.05, 3.63) is 39.2 Å². The lowest BCUT2D eigenvalue weighted by molar-refractivity contribution is -0.139. The van der Waals surface area contributed by atoms with Crippen LogP contribution in [0.2, 0.25) is 0 Å². The van der Waals surface area contributed by atoms with Gasteiger partial charge >= 0.3 is 11.6 Å². The largest absolute Gasteiger partial charge is 0.478 e. The van der Waals surface area contributed by atoms with Gasteiger partial charge in [0.15, 0.2) is 9.84 Å². The van der Waals surface area contributed by atoms with E-state index >= 15 is 0 Å². The van der Waals surface area contributed by atoms with Gasteiger partial charge in [-0.3, -0.25) is 9.69 Å². The number of carbonyl (C=O) groups is 1. The molecule has 0 saturated carbocycles. The number of hydrogen-bond acceptors (Lipinski definition) is 8. The summed E-state index contributed by atoms with van der Waals surface area (Å²) >= 11 is 0. The van der Waals surface area contributed by atoms with Crippen LogP contribution in [-0.4, -0.2) is 50.2 Å². The second-order valence-electron chi connectivity index (χ2n) is 7.98. The average Bonchev–Trinajstić information content (AvgIpc) is 2.98. The highest BCUT2D eigenvalue weighted by molar-refractivity contribution is 7.91. The quantitative estimate of drug-likeness (QED) is 0.543. The number of carbonyl (C=O) groups excluding carboxylic acids is 1. The molecule has 0 spiro atoms. The summed E-state index contributed by atoms with van der Waals surface area (Å²) in [5.41, 5.74) is 0.944. The molecule has 2 aromatic rings. The normalized spacial score (nSPS) is 23.6. The maximum atomic E-state index is 12.6. The first-order chi connectivity index (χ1) is 13.6. The van der Waals surface area contributed by atoms with E-state index in [-0.39, 0.29) is 30.2 Å². The molecule has 8 nitrogen and oxygen atoms in total. The number of sulfone groups is 1. The highest BCUT2D eigenvalue weighted by atomic mass is 32.2. The van der Waals surface area contributed by atoms with Crippen LogP contribution in [0.4, 0.5) is 0 Å². The summed E-state index contributed by atoms with van der Waals surface area (Å²) in [6, 6.07) is 3.63. The van der Waals surface area contributed by atoms with Crippen LogP contribution in [-0.2, 0) is 32.3 Å². The molecule has 1 fully saturated rings. The van der Waals surface area contributed by atoms with Gasteiger partial charge < -0.3 is 13.9 Å². The van der Waals surface area contributed by atoms with E-state index < -0.39 is 27.0 Å². The summed E-state index contributed by atoms with van der Waals surface area (Å²) < 4.78 is 40.2. The number of nitrogens with zero attached hydrogens (tertiary/aromatic N) is 1. The van der Waals surface area contributed by atoms with Crippen molar-refractivity contribution in [2.24, 2.45) is 0 Å². The molecule has 0 amide bonds. The van der Waals surface area contributed by atoms with E-state index in [1.807, 2.05) is 24.0 Å². The first kappa shape index (κ1) is 19.9. The standard InChI is InChI=1S/C20H23NO7S/c1-12-13-4-5-16-15(18(13)28-19(23)14(12)8-17(22)26-3)9-21(11-27-16)20(2)6-7-29(24,25)10-20/h4-5H,6-11H2,1-3H3/t20-/m1/s1. The van der Waals surface area contributed by atoms with Crippen molar-refractivity contribution in [2.45, 2.75) is 38.8 Å². The lowest BCUT2D eigenvalue weighted by Crippen LogP contribution is -2.50.